The zero-order valence-corrected chi connectivity index (χ0v) is 23.5. The first-order valence-electron chi connectivity index (χ1n) is 13.7. The standard InChI is InChI=1S/C33H24N4S.C2H6/c34-26-19-24(21-13-15-22(16-14-21)28-11-6-7-17-35-28)18-25(20-26)33-36-30(23-8-2-1-3-9-23)32-31(37-33)27-10-4-5-12-29(27)38-32;1-2/h1-2,4-8,10-20H,3,9,34H2;1-2H3. The number of aromatic nitrogens is 3. The molecule has 5 heteroatoms. The maximum atomic E-state index is 6.44. The molecule has 0 radical (unpaired) electrons. The average Bonchev–Trinajstić information content (AvgIpc) is 3.41. The number of nitrogens with two attached hydrogens (primary N) is 1. The molecule has 0 unspecified atom stereocenters. The summed E-state index contributed by atoms with van der Waals surface area (Å²) in [5, 5.41) is 1.17. The summed E-state index contributed by atoms with van der Waals surface area (Å²) in [6.45, 7) is 4.00. The van der Waals surface area contributed by atoms with E-state index in [1.807, 2.05) is 50.4 Å². The normalized spacial score (nSPS) is 12.7. The lowest BCUT2D eigenvalue weighted by atomic mass is 9.99. The van der Waals surface area contributed by atoms with Crippen LogP contribution in [0.25, 0.3) is 59.6 Å². The first-order chi connectivity index (χ1) is 19.7. The van der Waals surface area contributed by atoms with E-state index in [-0.39, 0.29) is 0 Å². The van der Waals surface area contributed by atoms with E-state index in [0.29, 0.717) is 11.5 Å². The van der Waals surface area contributed by atoms with Crippen molar-refractivity contribution in [3.8, 4) is 33.8 Å². The summed E-state index contributed by atoms with van der Waals surface area (Å²) in [6, 6.07) is 29.0. The molecule has 0 aliphatic heterocycles. The molecule has 4 nitrogen and oxygen atoms in total. The fourth-order valence-electron chi connectivity index (χ4n) is 5.05. The number of benzene rings is 3. The summed E-state index contributed by atoms with van der Waals surface area (Å²) in [6.07, 6.45) is 10.3. The topological polar surface area (TPSA) is 64.7 Å². The van der Waals surface area contributed by atoms with Crippen LogP contribution in [-0.4, -0.2) is 15.0 Å². The van der Waals surface area contributed by atoms with E-state index in [1.165, 1.54) is 15.7 Å². The van der Waals surface area contributed by atoms with E-state index in [0.717, 1.165) is 56.7 Å². The van der Waals surface area contributed by atoms with Crippen molar-refractivity contribution < 1.29 is 0 Å². The molecule has 1 aliphatic carbocycles. The SMILES string of the molecule is CC.Nc1cc(-c2ccc(-c3ccccn3)cc2)cc(-c2nc(C3=CC=CCC3)c3sc4ccccc4c3n2)c1. The van der Waals surface area contributed by atoms with Crippen LogP contribution in [-0.2, 0) is 0 Å². The van der Waals surface area contributed by atoms with E-state index in [4.69, 9.17) is 15.7 Å². The molecular formula is C35H30N4S. The van der Waals surface area contributed by atoms with Gasteiger partial charge in [0.25, 0.3) is 0 Å². The number of thiophene rings is 1. The molecule has 7 rings (SSSR count). The number of rotatable bonds is 4. The lowest BCUT2D eigenvalue weighted by Gasteiger charge is -2.13. The Bertz CT molecular complexity index is 1870. The number of nitrogen functional groups attached to an aromatic ring is 1. The Labute approximate surface area is 238 Å². The molecule has 2 N–H and O–H groups in total. The van der Waals surface area contributed by atoms with Gasteiger partial charge < -0.3 is 5.73 Å². The van der Waals surface area contributed by atoms with E-state index >= 15 is 0 Å². The highest BCUT2D eigenvalue weighted by atomic mass is 32.1. The van der Waals surface area contributed by atoms with Gasteiger partial charge in [0.2, 0.25) is 0 Å². The second-order valence-corrected chi connectivity index (χ2v) is 10.5. The first-order valence-corrected chi connectivity index (χ1v) is 14.5. The van der Waals surface area contributed by atoms with Gasteiger partial charge in [-0.25, -0.2) is 9.97 Å². The summed E-state index contributed by atoms with van der Waals surface area (Å²) in [5.41, 5.74) is 15.5. The molecule has 0 saturated carbocycles. The molecule has 3 heterocycles. The van der Waals surface area contributed by atoms with Gasteiger partial charge in [-0.1, -0.05) is 80.6 Å². The fraction of sp³-hybridized carbons (Fsp3) is 0.114. The third-order valence-corrected chi connectivity index (χ3v) is 8.10. The fourth-order valence-corrected chi connectivity index (χ4v) is 6.22. The number of pyridine rings is 1. The lowest BCUT2D eigenvalue weighted by molar-refractivity contribution is 1.04. The molecule has 0 fully saturated rings. The van der Waals surface area contributed by atoms with Gasteiger partial charge in [-0.3, -0.25) is 4.98 Å². The first kappa shape index (κ1) is 25.7. The van der Waals surface area contributed by atoms with Gasteiger partial charge in [0.1, 0.15) is 0 Å². The predicted octanol–water partition coefficient (Wildman–Crippen LogP) is 9.58. The third kappa shape index (κ3) is 4.92. The van der Waals surface area contributed by atoms with Gasteiger partial charge in [0.15, 0.2) is 5.82 Å². The molecule has 0 bridgehead atoms. The van der Waals surface area contributed by atoms with Gasteiger partial charge >= 0.3 is 0 Å². The van der Waals surface area contributed by atoms with Crippen molar-refractivity contribution in [3.63, 3.8) is 0 Å². The van der Waals surface area contributed by atoms with E-state index < -0.39 is 0 Å². The number of nitrogens with zero attached hydrogens (tertiary/aromatic N) is 3. The molecule has 1 aliphatic rings. The van der Waals surface area contributed by atoms with Crippen LogP contribution in [0.4, 0.5) is 5.69 Å². The number of anilines is 1. The van der Waals surface area contributed by atoms with Crippen LogP contribution in [0.2, 0.25) is 0 Å². The number of fused-ring (bicyclic) bond motifs is 3. The molecule has 0 saturated heterocycles. The highest BCUT2D eigenvalue weighted by Crippen LogP contribution is 2.40. The smallest absolute Gasteiger partial charge is 0.160 e. The number of hydrogen-bond acceptors (Lipinski definition) is 5. The van der Waals surface area contributed by atoms with Crippen LogP contribution in [0.15, 0.2) is 109 Å². The molecular weight excluding hydrogens is 508 g/mol. The lowest BCUT2D eigenvalue weighted by Crippen LogP contribution is -1.99. The molecule has 3 aromatic heterocycles. The Balaban J connectivity index is 0.00000142. The highest BCUT2D eigenvalue weighted by molar-refractivity contribution is 7.26. The molecule has 0 atom stereocenters. The number of allylic oxidation sites excluding steroid dienone is 4. The van der Waals surface area contributed by atoms with Gasteiger partial charge in [-0.05, 0) is 65.9 Å². The van der Waals surface area contributed by atoms with E-state index in [1.54, 1.807) is 11.3 Å². The average molecular weight is 539 g/mol. The van der Waals surface area contributed by atoms with Crippen LogP contribution < -0.4 is 5.73 Å². The molecule has 6 aromatic rings. The monoisotopic (exact) mass is 538 g/mol. The Morgan fingerprint density at radius 3 is 2.33 bits per heavy atom. The largest absolute Gasteiger partial charge is 0.399 e. The van der Waals surface area contributed by atoms with Crippen molar-refractivity contribution in [2.24, 2.45) is 0 Å². The van der Waals surface area contributed by atoms with E-state index in [2.05, 4.69) is 77.8 Å². The molecule has 196 valence electrons. The van der Waals surface area contributed by atoms with Crippen molar-refractivity contribution in [1.82, 2.24) is 15.0 Å². The maximum Gasteiger partial charge on any atom is 0.160 e. The van der Waals surface area contributed by atoms with Gasteiger partial charge in [-0.15, -0.1) is 11.3 Å². The summed E-state index contributed by atoms with van der Waals surface area (Å²) >= 11 is 1.77. The van der Waals surface area contributed by atoms with Crippen LogP contribution in [0.1, 0.15) is 32.4 Å². The minimum absolute atomic E-state index is 0.687. The van der Waals surface area contributed by atoms with Crippen molar-refractivity contribution >= 4 is 42.9 Å². The Hall–Kier alpha value is -4.61. The summed E-state index contributed by atoms with van der Waals surface area (Å²) in [5.74, 6) is 0.699. The zero-order chi connectivity index (χ0) is 27.5. The van der Waals surface area contributed by atoms with Crippen LogP contribution >= 0.6 is 11.3 Å². The second kappa shape index (κ2) is 11.2. The Morgan fingerprint density at radius 2 is 1.55 bits per heavy atom. The highest BCUT2D eigenvalue weighted by Gasteiger charge is 2.18. The van der Waals surface area contributed by atoms with Crippen molar-refractivity contribution in [2.75, 3.05) is 5.73 Å². The second-order valence-electron chi connectivity index (χ2n) is 9.47. The molecule has 0 spiro atoms. The number of hydrogen-bond donors (Lipinski definition) is 1. The predicted molar refractivity (Wildman–Crippen MR) is 171 cm³/mol. The summed E-state index contributed by atoms with van der Waals surface area (Å²) in [4.78, 5) is 14.7. The third-order valence-electron chi connectivity index (χ3n) is 6.93. The Morgan fingerprint density at radius 1 is 0.775 bits per heavy atom. The van der Waals surface area contributed by atoms with Crippen molar-refractivity contribution in [3.05, 3.63) is 115 Å². The quantitative estimate of drug-likeness (QED) is 0.227. The Kier molecular flexibility index (Phi) is 7.21. The van der Waals surface area contributed by atoms with E-state index in [9.17, 15) is 0 Å². The van der Waals surface area contributed by atoms with Crippen LogP contribution in [0, 0.1) is 0 Å². The maximum absolute atomic E-state index is 6.44. The minimum atomic E-state index is 0.687. The minimum Gasteiger partial charge on any atom is -0.399 e. The summed E-state index contributed by atoms with van der Waals surface area (Å²) < 4.78 is 2.37. The van der Waals surface area contributed by atoms with Crippen LogP contribution in [0.3, 0.4) is 0 Å². The van der Waals surface area contributed by atoms with Crippen molar-refractivity contribution in [1.29, 1.82) is 0 Å². The molecule has 0 amide bonds. The van der Waals surface area contributed by atoms with Gasteiger partial charge in [-0.2, -0.15) is 0 Å². The van der Waals surface area contributed by atoms with Gasteiger partial charge in [0, 0.05) is 33.1 Å². The van der Waals surface area contributed by atoms with Crippen molar-refractivity contribution in [2.45, 2.75) is 26.7 Å². The summed E-state index contributed by atoms with van der Waals surface area (Å²) in [7, 11) is 0. The van der Waals surface area contributed by atoms with Crippen LogP contribution in [0.5, 0.6) is 0 Å². The molecule has 40 heavy (non-hydrogen) atoms. The van der Waals surface area contributed by atoms with Gasteiger partial charge in [0.05, 0.1) is 21.6 Å². The molecule has 3 aromatic carbocycles. The zero-order valence-electron chi connectivity index (χ0n) is 22.6.